The monoisotopic (exact) mass is 961 g/mol. The number of nitrogens with zero attached hydrogens (tertiary/aromatic N) is 5. The molecule has 15 nitrogen and oxygen atoms in total. The fourth-order valence-corrected chi connectivity index (χ4v) is 12.6. The van der Waals surface area contributed by atoms with E-state index < -0.39 is 20.9 Å². The lowest BCUT2D eigenvalue weighted by Gasteiger charge is -2.55. The van der Waals surface area contributed by atoms with E-state index in [4.69, 9.17) is 27.1 Å². The number of benzene rings is 3. The lowest BCUT2D eigenvalue weighted by Crippen LogP contribution is -2.56. The molecule has 5 aliphatic rings. The van der Waals surface area contributed by atoms with Crippen molar-refractivity contribution >= 4 is 72.6 Å². The molecule has 2 saturated carbocycles. The summed E-state index contributed by atoms with van der Waals surface area (Å²) >= 11 is 6.28. The number of anilines is 4. The topological polar surface area (TPSA) is 192 Å². The Bertz CT molecular complexity index is 2900. The molecule has 68 heavy (non-hydrogen) atoms. The maximum Gasteiger partial charge on any atom is 0.293 e. The minimum Gasteiger partial charge on any atom is -0.476 e. The van der Waals surface area contributed by atoms with Gasteiger partial charge in [-0.2, -0.15) is 4.98 Å². The number of halogens is 1. The molecule has 17 heteroatoms. The summed E-state index contributed by atoms with van der Waals surface area (Å²) in [5, 5.41) is 17.2. The van der Waals surface area contributed by atoms with Crippen LogP contribution >= 0.6 is 11.6 Å². The Morgan fingerprint density at radius 2 is 1.75 bits per heavy atom. The van der Waals surface area contributed by atoms with Crippen LogP contribution in [0.15, 0.2) is 89.5 Å². The second-order valence-electron chi connectivity index (χ2n) is 20.7. The molecule has 5 N–H and O–H groups in total. The van der Waals surface area contributed by atoms with Gasteiger partial charge in [0.25, 0.3) is 21.6 Å². The van der Waals surface area contributed by atoms with Gasteiger partial charge in [0.05, 0.1) is 27.7 Å². The number of nitro groups is 1. The number of sulfonamides is 1. The Morgan fingerprint density at radius 3 is 2.50 bits per heavy atom. The summed E-state index contributed by atoms with van der Waals surface area (Å²) in [6.07, 6.45) is 8.55. The minimum absolute atomic E-state index is 0.118. The Labute approximate surface area is 402 Å². The van der Waals surface area contributed by atoms with Gasteiger partial charge >= 0.3 is 0 Å². The molecule has 2 bridgehead atoms. The number of carbonyl (C=O) groups is 1. The van der Waals surface area contributed by atoms with Gasteiger partial charge in [-0.15, -0.1) is 0 Å². The van der Waals surface area contributed by atoms with Crippen molar-refractivity contribution in [1.82, 2.24) is 19.6 Å². The van der Waals surface area contributed by atoms with Crippen molar-refractivity contribution in [1.29, 1.82) is 0 Å². The summed E-state index contributed by atoms with van der Waals surface area (Å²) in [5.41, 5.74) is 13.2. The second kappa shape index (κ2) is 18.0. The van der Waals surface area contributed by atoms with Crippen molar-refractivity contribution in [2.24, 2.45) is 28.9 Å². The first-order chi connectivity index (χ1) is 32.5. The number of aromatic amines is 1. The summed E-state index contributed by atoms with van der Waals surface area (Å²) in [6, 6.07) is 21.3. The predicted octanol–water partition coefficient (Wildman–Crippen LogP) is 9.13. The molecule has 10 rings (SSSR count). The summed E-state index contributed by atoms with van der Waals surface area (Å²) in [6.45, 7) is 12.2. The largest absolute Gasteiger partial charge is 0.476 e. The standard InChI is InChI=1S/C51H60ClN9O6S/c1-50(2)15-13-34(41(29-50)32-5-7-37(52)8-6-32)31-58-18-20-59(21-19-58)38-9-11-40(44(25-38)60-17-4-22-67-49-46(60)24-33-14-16-54-47(33)56-49)48(62)57-68(65,66)39-10-12-43(45(26-39)61(63)64)55-30-42-35-23-36(42)28-51(3,53)27-35/h5-12,14,16,24-26,35-36,42,55H,4,13,15,17-23,27-31,53H2,1-3H3,(H,54,56)(H,57,62). The number of H-pyrrole nitrogens is 1. The third kappa shape index (κ3) is 9.39. The number of ether oxygens (including phenoxy) is 1. The second-order valence-corrected chi connectivity index (χ2v) is 22.8. The molecule has 3 aromatic carbocycles. The SMILES string of the molecule is CC1(C)CCC(CN2CCN(c3ccc(C(=O)NS(=O)(=O)c4ccc(NCC5C6CC5CC(C)(N)C6)c([N+](=O)[O-])c4)c(N4CCCOc5nc6[nH]ccc6cc54)c3)CC2)=C(c2ccc(Cl)cc2)C1. The molecular formula is C51H60ClN9O6S. The van der Waals surface area contributed by atoms with Crippen LogP contribution in [0.25, 0.3) is 16.6 Å². The fraction of sp³-hybridized carbons (Fsp3) is 0.451. The average molecular weight is 963 g/mol. The quantitative estimate of drug-likeness (QED) is 0.0686. The number of amides is 1. The molecule has 2 atom stereocenters. The van der Waals surface area contributed by atoms with Gasteiger partial charge in [-0.25, -0.2) is 13.1 Å². The molecule has 358 valence electrons. The van der Waals surface area contributed by atoms with Gasteiger partial charge in [0, 0.05) is 79.7 Å². The molecule has 4 heterocycles. The zero-order chi connectivity index (χ0) is 47.5. The lowest BCUT2D eigenvalue weighted by molar-refractivity contribution is -0.384. The molecular weight excluding hydrogens is 902 g/mol. The van der Waals surface area contributed by atoms with Crippen LogP contribution in [0, 0.1) is 33.3 Å². The molecule has 1 saturated heterocycles. The van der Waals surface area contributed by atoms with Crippen LogP contribution in [0.4, 0.5) is 28.4 Å². The van der Waals surface area contributed by atoms with E-state index in [0.717, 1.165) is 93.4 Å². The number of piperazine rings is 1. The molecule has 3 fully saturated rings. The van der Waals surface area contributed by atoms with Crippen molar-refractivity contribution < 1.29 is 22.9 Å². The van der Waals surface area contributed by atoms with E-state index >= 15 is 0 Å². The highest BCUT2D eigenvalue weighted by Crippen LogP contribution is 2.53. The van der Waals surface area contributed by atoms with E-state index in [1.54, 1.807) is 12.3 Å². The summed E-state index contributed by atoms with van der Waals surface area (Å²) in [4.78, 5) is 40.6. The summed E-state index contributed by atoms with van der Waals surface area (Å²) in [5.74, 6) is 0.779. The van der Waals surface area contributed by atoms with E-state index in [0.29, 0.717) is 66.8 Å². The maximum absolute atomic E-state index is 14.5. The van der Waals surface area contributed by atoms with Crippen molar-refractivity contribution in [2.45, 2.75) is 76.2 Å². The molecule has 0 spiro atoms. The Hall–Kier alpha value is -5.68. The number of nitrogens with one attached hydrogen (secondary N) is 3. The number of hydrogen-bond donors (Lipinski definition) is 4. The van der Waals surface area contributed by atoms with E-state index in [2.05, 4.69) is 57.7 Å². The highest BCUT2D eigenvalue weighted by molar-refractivity contribution is 7.90. The first-order valence-electron chi connectivity index (χ1n) is 23.8. The smallest absolute Gasteiger partial charge is 0.293 e. The lowest BCUT2D eigenvalue weighted by atomic mass is 9.52. The first kappa shape index (κ1) is 46.1. The van der Waals surface area contributed by atoms with Gasteiger partial charge in [0.1, 0.15) is 17.0 Å². The third-order valence-electron chi connectivity index (χ3n) is 15.1. The number of carbonyl (C=O) groups excluding carboxylic acids is 1. The Kier molecular flexibility index (Phi) is 12.2. The molecule has 0 radical (unpaired) electrons. The first-order valence-corrected chi connectivity index (χ1v) is 25.7. The highest BCUT2D eigenvalue weighted by Gasteiger charge is 2.50. The Balaban J connectivity index is 0.907. The zero-order valence-electron chi connectivity index (χ0n) is 38.9. The number of aromatic nitrogens is 2. The number of nitrogens with two attached hydrogens (primary N) is 1. The molecule has 2 aromatic heterocycles. The van der Waals surface area contributed by atoms with Crippen LogP contribution in [0.2, 0.25) is 5.02 Å². The van der Waals surface area contributed by atoms with Crippen molar-refractivity contribution in [3.8, 4) is 5.88 Å². The number of fused-ring (bicyclic) bond motifs is 4. The normalized spacial score (nSPS) is 23.9. The molecule has 5 aromatic rings. The van der Waals surface area contributed by atoms with Crippen LogP contribution in [0.3, 0.4) is 0 Å². The number of nitro benzene ring substituents is 1. The van der Waals surface area contributed by atoms with Gasteiger partial charge in [-0.3, -0.25) is 19.8 Å². The van der Waals surface area contributed by atoms with Crippen LogP contribution < -0.4 is 30.3 Å². The van der Waals surface area contributed by atoms with Crippen LogP contribution in [0.1, 0.15) is 81.6 Å². The minimum atomic E-state index is -4.58. The van der Waals surface area contributed by atoms with E-state index in [1.807, 2.05) is 41.3 Å². The van der Waals surface area contributed by atoms with Crippen molar-refractivity contribution in [3.05, 3.63) is 111 Å². The van der Waals surface area contributed by atoms with E-state index in [-0.39, 0.29) is 32.8 Å². The fourth-order valence-electron chi connectivity index (χ4n) is 11.5. The zero-order valence-corrected chi connectivity index (χ0v) is 40.5. The molecule has 3 aliphatic carbocycles. The van der Waals surface area contributed by atoms with Gasteiger partial charge in [-0.1, -0.05) is 43.2 Å². The van der Waals surface area contributed by atoms with Gasteiger partial charge in [0.2, 0.25) is 5.88 Å². The van der Waals surface area contributed by atoms with Gasteiger partial charge in [-0.05, 0) is 141 Å². The Morgan fingerprint density at radius 1 is 0.985 bits per heavy atom. The number of allylic oxidation sites excluding steroid dienone is 1. The number of rotatable bonds is 12. The average Bonchev–Trinajstić information content (AvgIpc) is 3.66. The molecule has 2 unspecified atom stereocenters. The summed E-state index contributed by atoms with van der Waals surface area (Å²) < 4.78 is 36.5. The predicted molar refractivity (Wildman–Crippen MR) is 267 cm³/mol. The number of hydrogen-bond acceptors (Lipinski definition) is 12. The third-order valence-corrected chi connectivity index (χ3v) is 16.7. The van der Waals surface area contributed by atoms with Crippen LogP contribution in [-0.2, 0) is 10.0 Å². The molecule has 2 aliphatic heterocycles. The molecule has 1 amide bonds. The maximum atomic E-state index is 14.5. The van der Waals surface area contributed by atoms with E-state index in [9.17, 15) is 23.3 Å². The van der Waals surface area contributed by atoms with Crippen LogP contribution in [0.5, 0.6) is 5.88 Å². The van der Waals surface area contributed by atoms with Crippen molar-refractivity contribution in [2.75, 3.05) is 67.5 Å². The van der Waals surface area contributed by atoms with Gasteiger partial charge in [0.15, 0.2) is 0 Å². The highest BCUT2D eigenvalue weighted by atomic mass is 35.5. The van der Waals surface area contributed by atoms with Crippen molar-refractivity contribution in [3.63, 3.8) is 0 Å². The summed E-state index contributed by atoms with van der Waals surface area (Å²) in [7, 11) is -4.58. The van der Waals surface area contributed by atoms with Crippen LogP contribution in [-0.4, -0.2) is 92.1 Å². The number of pyridine rings is 1. The van der Waals surface area contributed by atoms with E-state index in [1.165, 1.54) is 28.8 Å². The van der Waals surface area contributed by atoms with Gasteiger partial charge < -0.3 is 30.6 Å².